The van der Waals surface area contributed by atoms with Crippen LogP contribution in [-0.4, -0.2) is 20.8 Å². The van der Waals surface area contributed by atoms with Crippen molar-refractivity contribution in [1.82, 2.24) is 9.97 Å². The summed E-state index contributed by atoms with van der Waals surface area (Å²) in [7, 11) is 0. The first-order valence-corrected chi connectivity index (χ1v) is 7.80. The molecule has 0 saturated heterocycles. The number of hydrazone groups is 1. The molecule has 0 amide bonds. The van der Waals surface area contributed by atoms with Gasteiger partial charge in [0.25, 0.3) is 0 Å². The minimum Gasteiger partial charge on any atom is -0.507 e. The van der Waals surface area contributed by atoms with E-state index in [1.807, 2.05) is 53.5 Å². The van der Waals surface area contributed by atoms with Crippen molar-refractivity contribution < 1.29 is 5.11 Å². The van der Waals surface area contributed by atoms with Crippen molar-refractivity contribution in [2.45, 2.75) is 12.5 Å². The first-order valence-electron chi connectivity index (χ1n) is 7.80. The van der Waals surface area contributed by atoms with E-state index >= 15 is 0 Å². The topological polar surface area (TPSA) is 61.6 Å². The second-order valence-corrected chi connectivity index (χ2v) is 5.57. The standard InChI is InChI=1S/C19H16N4O/c24-18-9-2-1-7-14(18)16-13-17(15-8-3-5-11-20-15)23(22-16)19-10-4-6-12-21-19/h1-12,17,24H,13H2. The lowest BCUT2D eigenvalue weighted by Gasteiger charge is -2.21. The van der Waals surface area contributed by atoms with Gasteiger partial charge in [0.05, 0.1) is 11.4 Å². The van der Waals surface area contributed by atoms with Gasteiger partial charge in [-0.25, -0.2) is 9.99 Å². The average Bonchev–Trinajstić information content (AvgIpc) is 3.09. The number of para-hydroxylation sites is 1. The monoisotopic (exact) mass is 316 g/mol. The maximum Gasteiger partial charge on any atom is 0.149 e. The van der Waals surface area contributed by atoms with Gasteiger partial charge in [-0.05, 0) is 36.4 Å². The predicted molar refractivity (Wildman–Crippen MR) is 93.0 cm³/mol. The summed E-state index contributed by atoms with van der Waals surface area (Å²) in [6.07, 6.45) is 4.19. The molecule has 3 heterocycles. The summed E-state index contributed by atoms with van der Waals surface area (Å²) in [6.45, 7) is 0. The molecule has 1 N–H and O–H groups in total. The van der Waals surface area contributed by atoms with Gasteiger partial charge in [0.2, 0.25) is 0 Å². The highest BCUT2D eigenvalue weighted by atomic mass is 16.3. The van der Waals surface area contributed by atoms with Crippen molar-refractivity contribution in [3.05, 3.63) is 84.3 Å². The van der Waals surface area contributed by atoms with Crippen LogP contribution in [0.3, 0.4) is 0 Å². The van der Waals surface area contributed by atoms with E-state index in [1.165, 1.54) is 0 Å². The Morgan fingerprint density at radius 2 is 1.62 bits per heavy atom. The highest BCUT2D eigenvalue weighted by Gasteiger charge is 2.32. The molecule has 0 bridgehead atoms. The summed E-state index contributed by atoms with van der Waals surface area (Å²) in [6, 6.07) is 18.8. The first-order chi connectivity index (χ1) is 11.8. The number of hydrogen-bond donors (Lipinski definition) is 1. The van der Waals surface area contributed by atoms with E-state index in [0.29, 0.717) is 6.42 Å². The number of aromatic nitrogens is 2. The number of phenols is 1. The van der Waals surface area contributed by atoms with Crippen LogP contribution in [0.2, 0.25) is 0 Å². The van der Waals surface area contributed by atoms with Gasteiger partial charge in [0.15, 0.2) is 0 Å². The van der Waals surface area contributed by atoms with E-state index in [4.69, 9.17) is 5.10 Å². The Morgan fingerprint density at radius 1 is 0.875 bits per heavy atom. The fraction of sp³-hybridized carbons (Fsp3) is 0.105. The summed E-state index contributed by atoms with van der Waals surface area (Å²) < 4.78 is 0. The summed E-state index contributed by atoms with van der Waals surface area (Å²) in [5.74, 6) is 0.998. The van der Waals surface area contributed by atoms with E-state index in [2.05, 4.69) is 9.97 Å². The second kappa shape index (κ2) is 6.12. The van der Waals surface area contributed by atoms with Crippen LogP contribution in [0.4, 0.5) is 5.82 Å². The second-order valence-electron chi connectivity index (χ2n) is 5.57. The predicted octanol–water partition coefficient (Wildman–Crippen LogP) is 3.54. The lowest BCUT2D eigenvalue weighted by atomic mass is 10.0. The first kappa shape index (κ1) is 14.4. The molecule has 0 fully saturated rings. The zero-order valence-electron chi connectivity index (χ0n) is 12.9. The molecular weight excluding hydrogens is 300 g/mol. The van der Waals surface area contributed by atoms with Gasteiger partial charge in [-0.2, -0.15) is 5.10 Å². The number of phenolic OH excluding ortho intramolecular Hbond substituents is 1. The number of benzene rings is 1. The Balaban J connectivity index is 1.77. The molecule has 0 saturated carbocycles. The van der Waals surface area contributed by atoms with E-state index in [1.54, 1.807) is 24.5 Å². The molecule has 3 aromatic rings. The van der Waals surface area contributed by atoms with Crippen LogP contribution < -0.4 is 5.01 Å². The van der Waals surface area contributed by atoms with Gasteiger partial charge < -0.3 is 5.11 Å². The molecule has 0 aliphatic carbocycles. The van der Waals surface area contributed by atoms with Crippen LogP contribution in [0.5, 0.6) is 5.75 Å². The zero-order valence-corrected chi connectivity index (χ0v) is 12.9. The molecule has 4 rings (SSSR count). The van der Waals surface area contributed by atoms with Crippen LogP contribution in [0, 0.1) is 0 Å². The molecule has 1 aliphatic rings. The molecule has 1 aromatic carbocycles. The quantitative estimate of drug-likeness (QED) is 0.803. The van der Waals surface area contributed by atoms with Crippen LogP contribution in [0.25, 0.3) is 0 Å². The van der Waals surface area contributed by atoms with Crippen LogP contribution >= 0.6 is 0 Å². The van der Waals surface area contributed by atoms with Gasteiger partial charge in [0.1, 0.15) is 17.6 Å². The third kappa shape index (κ3) is 2.60. The molecule has 2 aromatic heterocycles. The van der Waals surface area contributed by atoms with Crippen molar-refractivity contribution in [1.29, 1.82) is 0 Å². The molecule has 118 valence electrons. The zero-order chi connectivity index (χ0) is 16.4. The Kier molecular flexibility index (Phi) is 3.67. The molecular formula is C19H16N4O. The van der Waals surface area contributed by atoms with Gasteiger partial charge in [-0.3, -0.25) is 4.98 Å². The Morgan fingerprint density at radius 3 is 2.33 bits per heavy atom. The number of aromatic hydroxyl groups is 1. The number of anilines is 1. The Labute approximate surface area is 139 Å². The smallest absolute Gasteiger partial charge is 0.149 e. The van der Waals surface area contributed by atoms with Crippen LogP contribution in [-0.2, 0) is 0 Å². The van der Waals surface area contributed by atoms with Gasteiger partial charge in [-0.1, -0.05) is 24.3 Å². The lowest BCUT2D eigenvalue weighted by molar-refractivity contribution is 0.474. The van der Waals surface area contributed by atoms with E-state index in [0.717, 1.165) is 22.8 Å². The minimum atomic E-state index is -0.0456. The van der Waals surface area contributed by atoms with E-state index in [-0.39, 0.29) is 11.8 Å². The summed E-state index contributed by atoms with van der Waals surface area (Å²) in [5.41, 5.74) is 2.50. The highest BCUT2D eigenvalue weighted by molar-refractivity contribution is 6.05. The summed E-state index contributed by atoms with van der Waals surface area (Å²) in [5, 5.41) is 16.8. The van der Waals surface area contributed by atoms with E-state index < -0.39 is 0 Å². The molecule has 1 unspecified atom stereocenters. The number of pyridine rings is 2. The molecule has 24 heavy (non-hydrogen) atoms. The molecule has 0 spiro atoms. The average molecular weight is 316 g/mol. The third-order valence-electron chi connectivity index (χ3n) is 4.04. The van der Waals surface area contributed by atoms with Gasteiger partial charge >= 0.3 is 0 Å². The lowest BCUT2D eigenvalue weighted by Crippen LogP contribution is -2.20. The number of nitrogens with zero attached hydrogens (tertiary/aromatic N) is 4. The number of rotatable bonds is 3. The third-order valence-corrected chi connectivity index (χ3v) is 4.04. The van der Waals surface area contributed by atoms with Gasteiger partial charge in [0, 0.05) is 24.4 Å². The maximum atomic E-state index is 10.2. The molecule has 1 atom stereocenters. The van der Waals surface area contributed by atoms with E-state index in [9.17, 15) is 5.11 Å². The van der Waals surface area contributed by atoms with Crippen LogP contribution in [0.1, 0.15) is 23.7 Å². The van der Waals surface area contributed by atoms with Crippen molar-refractivity contribution in [3.63, 3.8) is 0 Å². The molecule has 0 radical (unpaired) electrons. The fourth-order valence-electron chi connectivity index (χ4n) is 2.89. The Hall–Kier alpha value is -3.21. The Bertz CT molecular complexity index is 865. The number of hydrogen-bond acceptors (Lipinski definition) is 5. The molecule has 5 nitrogen and oxygen atoms in total. The normalized spacial score (nSPS) is 16.9. The van der Waals surface area contributed by atoms with Gasteiger partial charge in [-0.15, -0.1) is 0 Å². The van der Waals surface area contributed by atoms with Crippen molar-refractivity contribution >= 4 is 11.5 Å². The van der Waals surface area contributed by atoms with Crippen molar-refractivity contribution in [2.75, 3.05) is 5.01 Å². The SMILES string of the molecule is Oc1ccccc1C1=NN(c2ccccn2)C(c2ccccn2)C1. The van der Waals surface area contributed by atoms with Crippen LogP contribution in [0.15, 0.2) is 78.2 Å². The fourth-order valence-corrected chi connectivity index (χ4v) is 2.89. The maximum absolute atomic E-state index is 10.2. The largest absolute Gasteiger partial charge is 0.507 e. The highest BCUT2D eigenvalue weighted by Crippen LogP contribution is 2.36. The van der Waals surface area contributed by atoms with Crippen molar-refractivity contribution in [3.8, 4) is 5.75 Å². The summed E-state index contributed by atoms with van der Waals surface area (Å²) in [4.78, 5) is 8.90. The molecule has 1 aliphatic heterocycles. The minimum absolute atomic E-state index is 0.0456. The summed E-state index contributed by atoms with van der Waals surface area (Å²) >= 11 is 0. The molecule has 5 heteroatoms. The van der Waals surface area contributed by atoms with Crippen molar-refractivity contribution in [2.24, 2.45) is 5.10 Å².